The maximum atomic E-state index is 11.9. The smallest absolute Gasteiger partial charge is 0.322 e. The third-order valence-corrected chi connectivity index (χ3v) is 3.66. The number of nitrogens with zero attached hydrogens (tertiary/aromatic N) is 5. The Morgan fingerprint density at radius 3 is 3.00 bits per heavy atom. The van der Waals surface area contributed by atoms with Gasteiger partial charge in [0, 0.05) is 29.3 Å². The lowest BCUT2D eigenvalue weighted by Gasteiger charge is -2.32. The van der Waals surface area contributed by atoms with Gasteiger partial charge in [0.2, 0.25) is 5.82 Å². The Kier molecular flexibility index (Phi) is 2.78. The van der Waals surface area contributed by atoms with Crippen LogP contribution in [-0.2, 0) is 5.54 Å². The first-order chi connectivity index (χ1) is 9.98. The van der Waals surface area contributed by atoms with Crippen LogP contribution in [0.2, 0.25) is 0 Å². The zero-order valence-corrected chi connectivity index (χ0v) is 11.6. The molecule has 0 saturated heterocycles. The number of hydrogen-bond donors (Lipinski definition) is 2. The predicted octanol–water partition coefficient (Wildman–Crippen LogP) is 0.333. The molecule has 1 unspecified atom stereocenters. The minimum atomic E-state index is -1.61. The molecule has 3 heterocycles. The van der Waals surface area contributed by atoms with Crippen LogP contribution < -0.4 is 11.1 Å². The van der Waals surface area contributed by atoms with Crippen molar-refractivity contribution in [1.29, 1.82) is 0 Å². The lowest BCUT2D eigenvalue weighted by atomic mass is 9.80. The molecular formula is C12H15N7O2. The van der Waals surface area contributed by atoms with Crippen molar-refractivity contribution in [3.63, 3.8) is 0 Å². The SMILES string of the molecule is CC(C)CC1([N+](=O)[O-])C(N)=C2C=CNC=C2n2nnnc21. The van der Waals surface area contributed by atoms with Crippen molar-refractivity contribution < 1.29 is 4.92 Å². The van der Waals surface area contributed by atoms with Gasteiger partial charge in [0.25, 0.3) is 0 Å². The molecule has 9 heteroatoms. The molecule has 3 rings (SSSR count). The Morgan fingerprint density at radius 1 is 1.57 bits per heavy atom. The molecule has 1 aromatic heterocycles. The van der Waals surface area contributed by atoms with E-state index in [1.54, 1.807) is 18.5 Å². The van der Waals surface area contributed by atoms with Gasteiger partial charge >= 0.3 is 5.54 Å². The summed E-state index contributed by atoms with van der Waals surface area (Å²) in [6, 6.07) is 0. The lowest BCUT2D eigenvalue weighted by molar-refractivity contribution is -0.572. The molecule has 0 bridgehead atoms. The number of allylic oxidation sites excluding steroid dienone is 3. The number of hydrogen-bond acceptors (Lipinski definition) is 7. The molecule has 0 fully saturated rings. The highest BCUT2D eigenvalue weighted by Crippen LogP contribution is 2.43. The number of fused-ring (bicyclic) bond motifs is 3. The maximum Gasteiger partial charge on any atom is 0.322 e. The van der Waals surface area contributed by atoms with E-state index >= 15 is 0 Å². The van der Waals surface area contributed by atoms with Crippen LogP contribution in [0, 0.1) is 16.0 Å². The van der Waals surface area contributed by atoms with E-state index in [0.29, 0.717) is 11.3 Å². The van der Waals surface area contributed by atoms with Crippen LogP contribution in [0.15, 0.2) is 29.7 Å². The van der Waals surface area contributed by atoms with Crippen molar-refractivity contribution in [1.82, 2.24) is 25.5 Å². The molecule has 21 heavy (non-hydrogen) atoms. The summed E-state index contributed by atoms with van der Waals surface area (Å²) in [5, 5.41) is 26.2. The highest BCUT2D eigenvalue weighted by molar-refractivity contribution is 5.74. The van der Waals surface area contributed by atoms with Crippen molar-refractivity contribution in [2.45, 2.75) is 25.8 Å². The second-order valence-corrected chi connectivity index (χ2v) is 5.49. The Morgan fingerprint density at radius 2 is 2.33 bits per heavy atom. The average molecular weight is 289 g/mol. The zero-order chi connectivity index (χ0) is 15.2. The van der Waals surface area contributed by atoms with Crippen LogP contribution in [0.3, 0.4) is 0 Å². The quantitative estimate of drug-likeness (QED) is 0.606. The highest BCUT2D eigenvalue weighted by atomic mass is 16.6. The van der Waals surface area contributed by atoms with Crippen LogP contribution in [0.4, 0.5) is 0 Å². The van der Waals surface area contributed by atoms with Gasteiger partial charge in [-0.2, -0.15) is 4.68 Å². The number of dihydropyridines is 1. The maximum absolute atomic E-state index is 11.9. The molecule has 0 amide bonds. The van der Waals surface area contributed by atoms with E-state index in [0.717, 1.165) is 0 Å². The second kappa shape index (κ2) is 4.40. The van der Waals surface area contributed by atoms with E-state index in [2.05, 4.69) is 20.8 Å². The van der Waals surface area contributed by atoms with E-state index in [1.807, 2.05) is 13.8 Å². The molecule has 0 aromatic carbocycles. The summed E-state index contributed by atoms with van der Waals surface area (Å²) in [7, 11) is 0. The van der Waals surface area contributed by atoms with Gasteiger partial charge in [-0.3, -0.25) is 10.1 Å². The normalized spacial score (nSPS) is 23.5. The van der Waals surface area contributed by atoms with Crippen LogP contribution in [0.1, 0.15) is 26.1 Å². The van der Waals surface area contributed by atoms with Crippen LogP contribution in [0.5, 0.6) is 0 Å². The fraction of sp³-hybridized carbons (Fsp3) is 0.417. The van der Waals surface area contributed by atoms with Gasteiger partial charge in [0.1, 0.15) is 5.70 Å². The van der Waals surface area contributed by atoms with E-state index in [1.165, 1.54) is 4.68 Å². The van der Waals surface area contributed by atoms with Crippen LogP contribution >= 0.6 is 0 Å². The topological polar surface area (TPSA) is 125 Å². The fourth-order valence-electron chi connectivity index (χ4n) is 2.82. The van der Waals surface area contributed by atoms with Gasteiger partial charge < -0.3 is 11.1 Å². The van der Waals surface area contributed by atoms with Crippen molar-refractivity contribution in [2.75, 3.05) is 0 Å². The summed E-state index contributed by atoms with van der Waals surface area (Å²) in [5.74, 6) is 0.196. The molecule has 1 aromatic rings. The molecule has 0 radical (unpaired) electrons. The van der Waals surface area contributed by atoms with Gasteiger partial charge in [0.15, 0.2) is 0 Å². The first kappa shape index (κ1) is 13.3. The summed E-state index contributed by atoms with van der Waals surface area (Å²) in [4.78, 5) is 11.5. The molecule has 1 atom stereocenters. The molecule has 0 saturated carbocycles. The Labute approximate surface area is 120 Å². The van der Waals surface area contributed by atoms with Crippen molar-refractivity contribution in [2.24, 2.45) is 11.7 Å². The standard InChI is InChI=1S/C12H15N7O2/c1-7(2)5-12(19(20)21)10(13)8-3-4-14-6-9(8)18-11(12)15-16-17-18/h3-4,6-7,14H,5,13H2,1-2H3. The largest absolute Gasteiger partial charge is 0.395 e. The monoisotopic (exact) mass is 289 g/mol. The minimum absolute atomic E-state index is 0.0518. The Balaban J connectivity index is 2.33. The third-order valence-electron chi connectivity index (χ3n) is 3.66. The third kappa shape index (κ3) is 1.66. The average Bonchev–Trinajstić information content (AvgIpc) is 2.92. The number of nitrogens with one attached hydrogen (secondary N) is 1. The first-order valence-electron chi connectivity index (χ1n) is 6.55. The van der Waals surface area contributed by atoms with E-state index < -0.39 is 5.54 Å². The summed E-state index contributed by atoms with van der Waals surface area (Å²) in [5.41, 5.74) is 5.95. The number of aromatic nitrogens is 4. The highest BCUT2D eigenvalue weighted by Gasteiger charge is 2.57. The predicted molar refractivity (Wildman–Crippen MR) is 73.7 cm³/mol. The fourth-order valence-corrected chi connectivity index (χ4v) is 2.82. The van der Waals surface area contributed by atoms with E-state index in [-0.39, 0.29) is 28.8 Å². The molecule has 2 aliphatic rings. The van der Waals surface area contributed by atoms with Gasteiger partial charge in [0.05, 0.1) is 5.70 Å². The number of rotatable bonds is 3. The van der Waals surface area contributed by atoms with Crippen LogP contribution in [0.25, 0.3) is 5.70 Å². The van der Waals surface area contributed by atoms with Gasteiger partial charge in [-0.1, -0.05) is 13.8 Å². The molecule has 9 nitrogen and oxygen atoms in total. The zero-order valence-electron chi connectivity index (χ0n) is 11.6. The minimum Gasteiger partial charge on any atom is -0.395 e. The van der Waals surface area contributed by atoms with Crippen LogP contribution in [-0.4, -0.2) is 25.1 Å². The molecular weight excluding hydrogens is 274 g/mol. The molecule has 2 aliphatic heterocycles. The van der Waals surface area contributed by atoms with Crippen molar-refractivity contribution >= 4 is 5.70 Å². The second-order valence-electron chi connectivity index (χ2n) is 5.49. The van der Waals surface area contributed by atoms with Crippen molar-refractivity contribution in [3.8, 4) is 0 Å². The van der Waals surface area contributed by atoms with Gasteiger partial charge in [-0.05, 0) is 22.4 Å². The number of tetrazole rings is 1. The number of nitro groups is 1. The van der Waals surface area contributed by atoms with Gasteiger partial charge in [-0.25, -0.2) is 0 Å². The van der Waals surface area contributed by atoms with E-state index in [4.69, 9.17) is 5.73 Å². The van der Waals surface area contributed by atoms with E-state index in [9.17, 15) is 10.1 Å². The molecule has 0 aliphatic carbocycles. The molecule has 110 valence electrons. The van der Waals surface area contributed by atoms with Crippen molar-refractivity contribution in [3.05, 3.63) is 45.7 Å². The molecule has 0 spiro atoms. The Hall–Kier alpha value is -2.71. The summed E-state index contributed by atoms with van der Waals surface area (Å²) in [6.07, 6.45) is 5.26. The summed E-state index contributed by atoms with van der Waals surface area (Å²) < 4.78 is 1.38. The number of nitrogens with two attached hydrogens (primary N) is 1. The van der Waals surface area contributed by atoms with Gasteiger partial charge in [-0.15, -0.1) is 5.10 Å². The molecule has 3 N–H and O–H groups in total. The first-order valence-corrected chi connectivity index (χ1v) is 6.55. The Bertz CT molecular complexity index is 700. The lowest BCUT2D eigenvalue weighted by Crippen LogP contribution is -2.47. The summed E-state index contributed by atoms with van der Waals surface area (Å²) >= 11 is 0. The summed E-state index contributed by atoms with van der Waals surface area (Å²) in [6.45, 7) is 3.81.